The van der Waals surface area contributed by atoms with Crippen LogP contribution in [0.3, 0.4) is 0 Å². The SMILES string of the molecule is CC(C)CC(CN(C)C)NCc1ccc(O)c(O)c1. The molecule has 19 heavy (non-hydrogen) atoms. The minimum Gasteiger partial charge on any atom is -0.504 e. The largest absolute Gasteiger partial charge is 0.504 e. The Hall–Kier alpha value is -1.26. The summed E-state index contributed by atoms with van der Waals surface area (Å²) in [7, 11) is 4.14. The maximum Gasteiger partial charge on any atom is 0.157 e. The van der Waals surface area contributed by atoms with Gasteiger partial charge in [-0.1, -0.05) is 19.9 Å². The van der Waals surface area contributed by atoms with E-state index in [0.29, 0.717) is 18.5 Å². The van der Waals surface area contributed by atoms with Crippen LogP contribution in [0, 0.1) is 5.92 Å². The summed E-state index contributed by atoms with van der Waals surface area (Å²) in [5, 5.41) is 22.3. The van der Waals surface area contributed by atoms with Crippen molar-refractivity contribution >= 4 is 0 Å². The zero-order chi connectivity index (χ0) is 14.4. The van der Waals surface area contributed by atoms with Gasteiger partial charge in [-0.2, -0.15) is 0 Å². The maximum absolute atomic E-state index is 9.47. The molecule has 0 spiro atoms. The predicted octanol–water partition coefficient (Wildman–Crippen LogP) is 2.16. The minimum absolute atomic E-state index is 0.0627. The number of hydrogen-bond donors (Lipinski definition) is 3. The minimum atomic E-state index is -0.0734. The quantitative estimate of drug-likeness (QED) is 0.662. The third kappa shape index (κ3) is 5.94. The fourth-order valence-electron chi connectivity index (χ4n) is 2.17. The third-order valence-electron chi connectivity index (χ3n) is 2.98. The Kier molecular flexibility index (Phi) is 6.12. The van der Waals surface area contributed by atoms with E-state index in [0.717, 1.165) is 18.5 Å². The van der Waals surface area contributed by atoms with Crippen molar-refractivity contribution in [3.05, 3.63) is 23.8 Å². The standard InChI is InChI=1S/C15H26N2O2/c1-11(2)7-13(10-17(3)4)16-9-12-5-6-14(18)15(19)8-12/h5-6,8,11,13,16,18-19H,7,9-10H2,1-4H3. The number of nitrogens with zero attached hydrogens (tertiary/aromatic N) is 1. The molecule has 0 aliphatic rings. The number of hydrogen-bond acceptors (Lipinski definition) is 4. The molecule has 1 unspecified atom stereocenters. The van der Waals surface area contributed by atoms with Crippen molar-refractivity contribution in [1.82, 2.24) is 10.2 Å². The van der Waals surface area contributed by atoms with Crippen LogP contribution in [-0.4, -0.2) is 41.8 Å². The molecular formula is C15H26N2O2. The van der Waals surface area contributed by atoms with Gasteiger partial charge < -0.3 is 20.4 Å². The van der Waals surface area contributed by atoms with Gasteiger partial charge in [0.25, 0.3) is 0 Å². The Labute approximate surface area is 116 Å². The summed E-state index contributed by atoms with van der Waals surface area (Å²) >= 11 is 0. The van der Waals surface area contributed by atoms with Crippen LogP contribution in [0.2, 0.25) is 0 Å². The Balaban J connectivity index is 2.56. The molecule has 4 heteroatoms. The lowest BCUT2D eigenvalue weighted by atomic mass is 10.0. The van der Waals surface area contributed by atoms with E-state index < -0.39 is 0 Å². The maximum atomic E-state index is 9.47. The van der Waals surface area contributed by atoms with E-state index in [9.17, 15) is 10.2 Å². The van der Waals surface area contributed by atoms with Gasteiger partial charge in [-0.25, -0.2) is 0 Å². The van der Waals surface area contributed by atoms with Crippen molar-refractivity contribution in [3.8, 4) is 11.5 Å². The van der Waals surface area contributed by atoms with Crippen LogP contribution in [0.25, 0.3) is 0 Å². The summed E-state index contributed by atoms with van der Waals surface area (Å²) in [6, 6.07) is 5.37. The van der Waals surface area contributed by atoms with Crippen LogP contribution in [-0.2, 0) is 6.54 Å². The van der Waals surface area contributed by atoms with Gasteiger partial charge >= 0.3 is 0 Å². The van der Waals surface area contributed by atoms with Gasteiger partial charge in [0.2, 0.25) is 0 Å². The average Bonchev–Trinajstić information content (AvgIpc) is 2.29. The summed E-state index contributed by atoms with van der Waals surface area (Å²) in [6.45, 7) is 6.12. The molecule has 3 N–H and O–H groups in total. The smallest absolute Gasteiger partial charge is 0.157 e. The molecule has 108 valence electrons. The van der Waals surface area contributed by atoms with Crippen molar-refractivity contribution in [2.75, 3.05) is 20.6 Å². The second kappa shape index (κ2) is 7.36. The fourth-order valence-corrected chi connectivity index (χ4v) is 2.17. The summed E-state index contributed by atoms with van der Waals surface area (Å²) in [4.78, 5) is 2.17. The topological polar surface area (TPSA) is 55.7 Å². The van der Waals surface area contributed by atoms with Crippen LogP contribution in [0.5, 0.6) is 11.5 Å². The molecule has 1 aromatic carbocycles. The fraction of sp³-hybridized carbons (Fsp3) is 0.600. The van der Waals surface area contributed by atoms with Crippen LogP contribution in [0.1, 0.15) is 25.8 Å². The number of rotatable bonds is 7. The molecule has 0 bridgehead atoms. The molecule has 0 saturated heterocycles. The number of phenols is 2. The van der Waals surface area contributed by atoms with Crippen LogP contribution < -0.4 is 5.32 Å². The lowest BCUT2D eigenvalue weighted by Gasteiger charge is -2.24. The first-order valence-corrected chi connectivity index (χ1v) is 6.77. The Morgan fingerprint density at radius 2 is 1.84 bits per heavy atom. The van der Waals surface area contributed by atoms with E-state index >= 15 is 0 Å². The molecule has 0 aromatic heterocycles. The lowest BCUT2D eigenvalue weighted by molar-refractivity contribution is 0.305. The van der Waals surface area contributed by atoms with Crippen molar-refractivity contribution in [2.24, 2.45) is 5.92 Å². The zero-order valence-corrected chi connectivity index (χ0v) is 12.3. The molecule has 0 amide bonds. The van der Waals surface area contributed by atoms with Gasteiger partial charge in [0.1, 0.15) is 0 Å². The van der Waals surface area contributed by atoms with Gasteiger partial charge in [-0.3, -0.25) is 0 Å². The van der Waals surface area contributed by atoms with E-state index in [1.54, 1.807) is 6.07 Å². The first-order valence-electron chi connectivity index (χ1n) is 6.77. The van der Waals surface area contributed by atoms with Gasteiger partial charge in [0.15, 0.2) is 11.5 Å². The second-order valence-electron chi connectivity index (χ2n) is 5.79. The van der Waals surface area contributed by atoms with Crippen molar-refractivity contribution < 1.29 is 10.2 Å². The number of benzene rings is 1. The highest BCUT2D eigenvalue weighted by Gasteiger charge is 2.12. The van der Waals surface area contributed by atoms with Crippen molar-refractivity contribution in [2.45, 2.75) is 32.9 Å². The first kappa shape index (κ1) is 15.8. The highest BCUT2D eigenvalue weighted by atomic mass is 16.3. The zero-order valence-electron chi connectivity index (χ0n) is 12.3. The van der Waals surface area contributed by atoms with E-state index in [1.165, 1.54) is 6.07 Å². The molecular weight excluding hydrogens is 240 g/mol. The van der Waals surface area contributed by atoms with Crippen LogP contribution >= 0.6 is 0 Å². The number of nitrogens with one attached hydrogen (secondary N) is 1. The van der Waals surface area contributed by atoms with Gasteiger partial charge in [0.05, 0.1) is 0 Å². The highest BCUT2D eigenvalue weighted by molar-refractivity contribution is 5.40. The molecule has 0 saturated carbocycles. The van der Waals surface area contributed by atoms with Crippen molar-refractivity contribution in [1.29, 1.82) is 0 Å². The van der Waals surface area contributed by atoms with E-state index in [2.05, 4.69) is 38.2 Å². The summed E-state index contributed by atoms with van der Waals surface area (Å²) < 4.78 is 0. The molecule has 0 aliphatic heterocycles. The van der Waals surface area contributed by atoms with Crippen LogP contribution in [0.4, 0.5) is 0 Å². The Morgan fingerprint density at radius 3 is 2.37 bits per heavy atom. The first-order chi connectivity index (χ1) is 8.88. The monoisotopic (exact) mass is 266 g/mol. The van der Waals surface area contributed by atoms with Gasteiger partial charge in [-0.15, -0.1) is 0 Å². The van der Waals surface area contributed by atoms with Crippen molar-refractivity contribution in [3.63, 3.8) is 0 Å². The van der Waals surface area contributed by atoms with E-state index in [1.807, 2.05) is 6.07 Å². The number of phenolic OH excluding ortho intramolecular Hbond substituents is 2. The molecule has 1 aromatic rings. The average molecular weight is 266 g/mol. The number of likely N-dealkylation sites (N-methyl/N-ethyl adjacent to an activating group) is 1. The normalized spacial score (nSPS) is 13.2. The molecule has 1 atom stereocenters. The molecule has 0 aliphatic carbocycles. The van der Waals surface area contributed by atoms with Gasteiger partial charge in [-0.05, 0) is 44.1 Å². The molecule has 4 nitrogen and oxygen atoms in total. The van der Waals surface area contributed by atoms with E-state index in [-0.39, 0.29) is 11.5 Å². The number of aromatic hydroxyl groups is 2. The highest BCUT2D eigenvalue weighted by Crippen LogP contribution is 2.24. The molecule has 0 radical (unpaired) electrons. The summed E-state index contributed by atoms with van der Waals surface area (Å²) in [5.41, 5.74) is 0.975. The summed E-state index contributed by atoms with van der Waals surface area (Å²) in [6.07, 6.45) is 1.11. The lowest BCUT2D eigenvalue weighted by Crippen LogP contribution is -2.38. The molecule has 1 rings (SSSR count). The Bertz CT molecular complexity index is 382. The third-order valence-corrected chi connectivity index (χ3v) is 2.98. The van der Waals surface area contributed by atoms with E-state index in [4.69, 9.17) is 0 Å². The Morgan fingerprint density at radius 1 is 1.16 bits per heavy atom. The second-order valence-corrected chi connectivity index (χ2v) is 5.79. The molecule has 0 fully saturated rings. The summed E-state index contributed by atoms with van der Waals surface area (Å²) in [5.74, 6) is 0.508. The molecule has 0 heterocycles. The predicted molar refractivity (Wildman–Crippen MR) is 78.4 cm³/mol. The van der Waals surface area contributed by atoms with Crippen LogP contribution in [0.15, 0.2) is 18.2 Å². The van der Waals surface area contributed by atoms with Gasteiger partial charge in [0, 0.05) is 19.1 Å².